The molecule has 150 valence electrons. The van der Waals surface area contributed by atoms with Gasteiger partial charge in [0.1, 0.15) is 30.8 Å². The van der Waals surface area contributed by atoms with Gasteiger partial charge in [-0.15, -0.1) is 0 Å². The molecule has 4 rings (SSSR count). The number of aryl methyl sites for hydroxylation is 1. The SMILES string of the molecule is CCCc1cc2c(=O)c(-c3ccc4c(c3)OCCO4)coc2cc1OC(=O)CC. The number of ether oxygens (including phenoxy) is 3. The summed E-state index contributed by atoms with van der Waals surface area (Å²) >= 11 is 0. The highest BCUT2D eigenvalue weighted by molar-refractivity contribution is 5.85. The number of carbonyl (C=O) groups excluding carboxylic acids is 1. The van der Waals surface area contributed by atoms with Crippen molar-refractivity contribution in [2.24, 2.45) is 0 Å². The molecule has 2 heterocycles. The van der Waals surface area contributed by atoms with E-state index in [4.69, 9.17) is 18.6 Å². The van der Waals surface area contributed by atoms with Crippen LogP contribution < -0.4 is 19.6 Å². The van der Waals surface area contributed by atoms with Gasteiger partial charge in [0.2, 0.25) is 5.43 Å². The summed E-state index contributed by atoms with van der Waals surface area (Å²) < 4.78 is 22.4. The number of fused-ring (bicyclic) bond motifs is 2. The molecule has 6 nitrogen and oxygen atoms in total. The average molecular weight is 394 g/mol. The molecule has 0 saturated carbocycles. The minimum Gasteiger partial charge on any atom is -0.486 e. The second-order valence-corrected chi connectivity index (χ2v) is 6.87. The van der Waals surface area contributed by atoms with Crippen LogP contribution in [0.3, 0.4) is 0 Å². The lowest BCUT2D eigenvalue weighted by atomic mass is 10.0. The Labute approximate surface area is 168 Å². The summed E-state index contributed by atoms with van der Waals surface area (Å²) in [5.41, 5.74) is 2.19. The smallest absolute Gasteiger partial charge is 0.310 e. The molecule has 2 aromatic carbocycles. The van der Waals surface area contributed by atoms with Gasteiger partial charge in [-0.05, 0) is 35.7 Å². The van der Waals surface area contributed by atoms with Crippen molar-refractivity contribution in [1.82, 2.24) is 0 Å². The third kappa shape index (κ3) is 3.70. The Bertz CT molecular complexity index is 1130. The van der Waals surface area contributed by atoms with Gasteiger partial charge in [-0.1, -0.05) is 26.3 Å². The number of hydrogen-bond donors (Lipinski definition) is 0. The highest BCUT2D eigenvalue weighted by Gasteiger charge is 2.17. The fourth-order valence-electron chi connectivity index (χ4n) is 3.37. The van der Waals surface area contributed by atoms with E-state index in [-0.39, 0.29) is 17.8 Å². The second-order valence-electron chi connectivity index (χ2n) is 6.87. The summed E-state index contributed by atoms with van der Waals surface area (Å²) in [5.74, 6) is 1.40. The van der Waals surface area contributed by atoms with Crippen LogP contribution in [0.2, 0.25) is 0 Å². The minimum atomic E-state index is -0.322. The quantitative estimate of drug-likeness (QED) is 0.469. The van der Waals surface area contributed by atoms with Crippen molar-refractivity contribution >= 4 is 16.9 Å². The zero-order valence-electron chi connectivity index (χ0n) is 16.4. The highest BCUT2D eigenvalue weighted by Crippen LogP contribution is 2.34. The predicted octanol–water partition coefficient (Wildman–Crippen LogP) is 4.50. The van der Waals surface area contributed by atoms with Crippen molar-refractivity contribution in [2.45, 2.75) is 33.1 Å². The first-order chi connectivity index (χ1) is 14.1. The van der Waals surface area contributed by atoms with Crippen molar-refractivity contribution in [3.8, 4) is 28.4 Å². The van der Waals surface area contributed by atoms with Gasteiger partial charge in [0, 0.05) is 12.5 Å². The van der Waals surface area contributed by atoms with E-state index in [1.165, 1.54) is 6.26 Å². The summed E-state index contributed by atoms with van der Waals surface area (Å²) in [5, 5.41) is 0.456. The molecule has 0 fully saturated rings. The van der Waals surface area contributed by atoms with E-state index in [9.17, 15) is 9.59 Å². The lowest BCUT2D eigenvalue weighted by Crippen LogP contribution is -2.15. The summed E-state index contributed by atoms with van der Waals surface area (Å²) in [6.45, 7) is 4.75. The molecule has 3 aromatic rings. The number of carbonyl (C=O) groups is 1. The molecule has 0 N–H and O–H groups in total. The molecular formula is C23H22O6. The van der Waals surface area contributed by atoms with Crippen LogP contribution in [0, 0.1) is 0 Å². The van der Waals surface area contributed by atoms with E-state index in [1.807, 2.05) is 13.0 Å². The molecule has 1 aromatic heterocycles. The molecule has 0 radical (unpaired) electrons. The van der Waals surface area contributed by atoms with Gasteiger partial charge in [-0.25, -0.2) is 0 Å². The molecule has 0 atom stereocenters. The van der Waals surface area contributed by atoms with Gasteiger partial charge in [0.25, 0.3) is 0 Å². The topological polar surface area (TPSA) is 75.0 Å². The third-order valence-corrected chi connectivity index (χ3v) is 4.84. The monoisotopic (exact) mass is 394 g/mol. The summed E-state index contributed by atoms with van der Waals surface area (Å²) in [6.07, 6.45) is 3.25. The first-order valence-corrected chi connectivity index (χ1v) is 9.79. The molecule has 29 heavy (non-hydrogen) atoms. The van der Waals surface area contributed by atoms with E-state index in [1.54, 1.807) is 31.2 Å². The fourth-order valence-corrected chi connectivity index (χ4v) is 3.37. The van der Waals surface area contributed by atoms with E-state index in [0.29, 0.717) is 59.0 Å². The standard InChI is InChI=1S/C23H22O6/c1-3-5-15-10-16-20(12-19(15)29-22(24)4-2)28-13-17(23(16)25)14-6-7-18-21(11-14)27-9-8-26-18/h6-7,10-13H,3-5,8-9H2,1-2H3. The van der Waals surface area contributed by atoms with Crippen molar-refractivity contribution in [3.63, 3.8) is 0 Å². The van der Waals surface area contributed by atoms with Gasteiger partial charge >= 0.3 is 5.97 Å². The Morgan fingerprint density at radius 1 is 1.07 bits per heavy atom. The Morgan fingerprint density at radius 3 is 2.62 bits per heavy atom. The second kappa shape index (κ2) is 7.99. The zero-order valence-corrected chi connectivity index (χ0v) is 16.4. The Hall–Kier alpha value is -3.28. The van der Waals surface area contributed by atoms with Crippen molar-refractivity contribution in [3.05, 3.63) is 52.4 Å². The van der Waals surface area contributed by atoms with Crippen LogP contribution in [0.1, 0.15) is 32.3 Å². The Morgan fingerprint density at radius 2 is 1.86 bits per heavy atom. The van der Waals surface area contributed by atoms with Crippen LogP contribution in [0.15, 0.2) is 45.8 Å². The van der Waals surface area contributed by atoms with Crippen LogP contribution in [0.5, 0.6) is 17.2 Å². The maximum Gasteiger partial charge on any atom is 0.310 e. The van der Waals surface area contributed by atoms with Crippen molar-refractivity contribution in [1.29, 1.82) is 0 Å². The van der Waals surface area contributed by atoms with Crippen LogP contribution in [0.4, 0.5) is 0 Å². The first-order valence-electron chi connectivity index (χ1n) is 9.79. The summed E-state index contributed by atoms with van der Waals surface area (Å²) in [7, 11) is 0. The molecule has 0 bridgehead atoms. The van der Waals surface area contributed by atoms with Crippen LogP contribution >= 0.6 is 0 Å². The van der Waals surface area contributed by atoms with Gasteiger partial charge in [0.05, 0.1) is 10.9 Å². The third-order valence-electron chi connectivity index (χ3n) is 4.84. The number of hydrogen-bond acceptors (Lipinski definition) is 6. The van der Waals surface area contributed by atoms with E-state index in [2.05, 4.69) is 0 Å². The van der Waals surface area contributed by atoms with Gasteiger partial charge < -0.3 is 18.6 Å². The van der Waals surface area contributed by atoms with Crippen molar-refractivity contribution < 1.29 is 23.4 Å². The molecule has 0 saturated heterocycles. The van der Waals surface area contributed by atoms with Gasteiger partial charge in [0.15, 0.2) is 11.5 Å². The first kappa shape index (κ1) is 19.1. The van der Waals surface area contributed by atoms with E-state index < -0.39 is 0 Å². The van der Waals surface area contributed by atoms with Crippen LogP contribution in [0.25, 0.3) is 22.1 Å². The predicted molar refractivity (Wildman–Crippen MR) is 109 cm³/mol. The maximum atomic E-state index is 13.2. The average Bonchev–Trinajstić information content (AvgIpc) is 2.74. The number of rotatable bonds is 5. The maximum absolute atomic E-state index is 13.2. The highest BCUT2D eigenvalue weighted by atomic mass is 16.6. The molecule has 0 spiro atoms. The van der Waals surface area contributed by atoms with E-state index >= 15 is 0 Å². The molecule has 1 aliphatic heterocycles. The lowest BCUT2D eigenvalue weighted by molar-refractivity contribution is -0.134. The lowest BCUT2D eigenvalue weighted by Gasteiger charge is -2.18. The fraction of sp³-hybridized carbons (Fsp3) is 0.304. The largest absolute Gasteiger partial charge is 0.486 e. The molecule has 1 aliphatic rings. The summed E-state index contributed by atoms with van der Waals surface area (Å²) in [6, 6.07) is 8.80. The Balaban J connectivity index is 1.82. The number of esters is 1. The summed E-state index contributed by atoms with van der Waals surface area (Å²) in [4.78, 5) is 25.0. The Kier molecular flexibility index (Phi) is 5.25. The van der Waals surface area contributed by atoms with Gasteiger partial charge in [-0.3, -0.25) is 9.59 Å². The molecule has 0 aliphatic carbocycles. The van der Waals surface area contributed by atoms with E-state index in [0.717, 1.165) is 12.0 Å². The molecule has 6 heteroatoms. The zero-order chi connectivity index (χ0) is 20.4. The molecule has 0 unspecified atom stereocenters. The molecule has 0 amide bonds. The number of benzene rings is 2. The van der Waals surface area contributed by atoms with Crippen LogP contribution in [-0.4, -0.2) is 19.2 Å². The van der Waals surface area contributed by atoms with Crippen molar-refractivity contribution in [2.75, 3.05) is 13.2 Å². The van der Waals surface area contributed by atoms with Crippen LogP contribution in [-0.2, 0) is 11.2 Å². The molecular weight excluding hydrogens is 372 g/mol. The van der Waals surface area contributed by atoms with Gasteiger partial charge in [-0.2, -0.15) is 0 Å². The normalized spacial score (nSPS) is 12.8. The minimum absolute atomic E-state index is 0.145.